The molecule has 0 unspecified atom stereocenters. The van der Waals surface area contributed by atoms with Gasteiger partial charge in [-0.15, -0.1) is 11.8 Å². The molecule has 1 aliphatic heterocycles. The SMILES string of the molecule is CSc1nc(N)nc2c1C(=O)N(C(=O)OC(C)(C)C)CC2. The Kier molecular flexibility index (Phi) is 4.08. The molecule has 8 heteroatoms. The number of amides is 2. The number of ether oxygens (including phenoxy) is 1. The average molecular weight is 310 g/mol. The van der Waals surface area contributed by atoms with Crippen LogP contribution in [-0.4, -0.2) is 45.3 Å². The number of rotatable bonds is 1. The minimum Gasteiger partial charge on any atom is -0.443 e. The Balaban J connectivity index is 2.34. The maximum absolute atomic E-state index is 12.5. The third-order valence-corrected chi connectivity index (χ3v) is 3.49. The summed E-state index contributed by atoms with van der Waals surface area (Å²) in [4.78, 5) is 33.9. The van der Waals surface area contributed by atoms with Crippen molar-refractivity contribution in [2.75, 3.05) is 18.5 Å². The summed E-state index contributed by atoms with van der Waals surface area (Å²) < 4.78 is 5.25. The van der Waals surface area contributed by atoms with E-state index in [0.29, 0.717) is 22.7 Å². The highest BCUT2D eigenvalue weighted by Gasteiger charge is 2.35. The third-order valence-electron chi connectivity index (χ3n) is 2.81. The van der Waals surface area contributed by atoms with Crippen molar-refractivity contribution in [3.63, 3.8) is 0 Å². The third kappa shape index (κ3) is 3.26. The van der Waals surface area contributed by atoms with Crippen molar-refractivity contribution >= 4 is 29.7 Å². The first kappa shape index (κ1) is 15.6. The van der Waals surface area contributed by atoms with Gasteiger partial charge in [0.2, 0.25) is 5.95 Å². The molecule has 114 valence electrons. The van der Waals surface area contributed by atoms with Crippen molar-refractivity contribution in [3.05, 3.63) is 11.3 Å². The molecular formula is C13H18N4O3S. The fourth-order valence-corrected chi connectivity index (χ4v) is 2.59. The number of imide groups is 1. The predicted octanol–water partition coefficient (Wildman–Crippen LogP) is 1.71. The van der Waals surface area contributed by atoms with E-state index >= 15 is 0 Å². The van der Waals surface area contributed by atoms with Gasteiger partial charge in [-0.3, -0.25) is 4.79 Å². The van der Waals surface area contributed by atoms with Gasteiger partial charge in [0.1, 0.15) is 10.6 Å². The average Bonchev–Trinajstić information content (AvgIpc) is 2.35. The van der Waals surface area contributed by atoms with Crippen molar-refractivity contribution in [3.8, 4) is 0 Å². The van der Waals surface area contributed by atoms with E-state index in [9.17, 15) is 9.59 Å². The molecule has 0 fully saturated rings. The van der Waals surface area contributed by atoms with Gasteiger partial charge in [0.25, 0.3) is 5.91 Å². The summed E-state index contributed by atoms with van der Waals surface area (Å²) in [7, 11) is 0. The van der Waals surface area contributed by atoms with Crippen LogP contribution in [0.1, 0.15) is 36.8 Å². The van der Waals surface area contributed by atoms with Gasteiger partial charge in [-0.2, -0.15) is 0 Å². The van der Waals surface area contributed by atoms with E-state index in [-0.39, 0.29) is 12.5 Å². The summed E-state index contributed by atoms with van der Waals surface area (Å²) >= 11 is 1.30. The summed E-state index contributed by atoms with van der Waals surface area (Å²) in [5.74, 6) is -0.300. The highest BCUT2D eigenvalue weighted by Crippen LogP contribution is 2.27. The van der Waals surface area contributed by atoms with Crippen LogP contribution in [0.5, 0.6) is 0 Å². The lowest BCUT2D eigenvalue weighted by molar-refractivity contribution is 0.0231. The van der Waals surface area contributed by atoms with E-state index < -0.39 is 17.6 Å². The van der Waals surface area contributed by atoms with Crippen molar-refractivity contribution in [1.82, 2.24) is 14.9 Å². The minimum atomic E-state index is -0.655. The second kappa shape index (κ2) is 5.51. The number of carbonyl (C=O) groups is 2. The van der Waals surface area contributed by atoms with Crippen LogP contribution in [0.2, 0.25) is 0 Å². The van der Waals surface area contributed by atoms with E-state index in [1.807, 2.05) is 0 Å². The number of hydrogen-bond acceptors (Lipinski definition) is 7. The molecule has 0 bridgehead atoms. The molecule has 21 heavy (non-hydrogen) atoms. The zero-order chi connectivity index (χ0) is 15.8. The monoisotopic (exact) mass is 310 g/mol. The maximum Gasteiger partial charge on any atom is 0.417 e. The van der Waals surface area contributed by atoms with Gasteiger partial charge in [0.05, 0.1) is 11.3 Å². The Labute approximate surface area is 127 Å². The number of nitrogen functional groups attached to an aromatic ring is 1. The molecule has 1 aliphatic rings. The number of aromatic nitrogens is 2. The number of fused-ring (bicyclic) bond motifs is 1. The molecule has 0 radical (unpaired) electrons. The maximum atomic E-state index is 12.5. The molecule has 2 amide bonds. The molecule has 2 heterocycles. The predicted molar refractivity (Wildman–Crippen MR) is 79.2 cm³/mol. The summed E-state index contributed by atoms with van der Waals surface area (Å²) in [6.45, 7) is 5.49. The zero-order valence-electron chi connectivity index (χ0n) is 12.5. The smallest absolute Gasteiger partial charge is 0.417 e. The number of thioether (sulfide) groups is 1. The largest absolute Gasteiger partial charge is 0.443 e. The summed E-state index contributed by atoms with van der Waals surface area (Å²) in [5.41, 5.74) is 5.90. The second-order valence-corrected chi connectivity index (χ2v) is 6.39. The molecule has 2 N–H and O–H groups in total. The number of carbonyl (C=O) groups excluding carboxylic acids is 2. The number of nitrogens with two attached hydrogens (primary N) is 1. The zero-order valence-corrected chi connectivity index (χ0v) is 13.3. The van der Waals surface area contributed by atoms with Gasteiger partial charge in [0, 0.05) is 13.0 Å². The summed E-state index contributed by atoms with van der Waals surface area (Å²) in [6.07, 6.45) is 1.59. The fourth-order valence-electron chi connectivity index (χ4n) is 1.99. The Hall–Kier alpha value is -1.83. The van der Waals surface area contributed by atoms with E-state index in [1.165, 1.54) is 11.8 Å². The van der Waals surface area contributed by atoms with Gasteiger partial charge in [-0.25, -0.2) is 19.7 Å². The molecule has 1 aromatic rings. The fraction of sp³-hybridized carbons (Fsp3) is 0.538. The first-order chi connectivity index (χ1) is 9.73. The van der Waals surface area contributed by atoms with E-state index in [4.69, 9.17) is 10.5 Å². The van der Waals surface area contributed by atoms with Crippen LogP contribution in [0, 0.1) is 0 Å². The van der Waals surface area contributed by atoms with E-state index in [0.717, 1.165) is 4.90 Å². The normalized spacial score (nSPS) is 14.9. The van der Waals surface area contributed by atoms with Gasteiger partial charge in [-0.05, 0) is 27.0 Å². The number of anilines is 1. The first-order valence-corrected chi connectivity index (χ1v) is 7.70. The molecule has 0 atom stereocenters. The Morgan fingerprint density at radius 2 is 2.05 bits per heavy atom. The molecule has 1 aromatic heterocycles. The van der Waals surface area contributed by atoms with Crippen molar-refractivity contribution in [2.45, 2.75) is 37.8 Å². The summed E-state index contributed by atoms with van der Waals surface area (Å²) in [5, 5.41) is 0.482. The van der Waals surface area contributed by atoms with E-state index in [1.54, 1.807) is 27.0 Å². The standard InChI is InChI=1S/C13H18N4O3S/c1-13(2,3)20-12(19)17-6-5-7-8(10(17)18)9(21-4)16-11(14)15-7/h5-6H2,1-4H3,(H2,14,15,16). The highest BCUT2D eigenvalue weighted by atomic mass is 32.2. The molecule has 2 rings (SSSR count). The van der Waals surface area contributed by atoms with Gasteiger partial charge in [0.15, 0.2) is 0 Å². The highest BCUT2D eigenvalue weighted by molar-refractivity contribution is 7.98. The molecule has 0 saturated heterocycles. The second-order valence-electron chi connectivity index (χ2n) is 5.60. The van der Waals surface area contributed by atoms with Crippen molar-refractivity contribution in [1.29, 1.82) is 0 Å². The van der Waals surface area contributed by atoms with Gasteiger partial charge in [-0.1, -0.05) is 0 Å². The quantitative estimate of drug-likeness (QED) is 0.622. The lowest BCUT2D eigenvalue weighted by Gasteiger charge is -2.29. The van der Waals surface area contributed by atoms with Crippen LogP contribution in [0.15, 0.2) is 5.03 Å². The Bertz CT molecular complexity index is 581. The summed E-state index contributed by atoms with van der Waals surface area (Å²) in [6, 6.07) is 0. The Morgan fingerprint density at radius 1 is 1.38 bits per heavy atom. The Morgan fingerprint density at radius 3 is 2.62 bits per heavy atom. The van der Waals surface area contributed by atoms with Crippen LogP contribution >= 0.6 is 11.8 Å². The van der Waals surface area contributed by atoms with Crippen LogP contribution in [0.3, 0.4) is 0 Å². The molecule has 0 spiro atoms. The minimum absolute atomic E-state index is 0.136. The molecular weight excluding hydrogens is 292 g/mol. The lowest BCUT2D eigenvalue weighted by atomic mass is 10.1. The van der Waals surface area contributed by atoms with Crippen LogP contribution in [-0.2, 0) is 11.2 Å². The molecule has 0 aromatic carbocycles. The van der Waals surface area contributed by atoms with Crippen LogP contribution in [0.25, 0.3) is 0 Å². The molecule has 0 saturated carbocycles. The van der Waals surface area contributed by atoms with E-state index in [2.05, 4.69) is 9.97 Å². The lowest BCUT2D eigenvalue weighted by Crippen LogP contribution is -2.45. The first-order valence-electron chi connectivity index (χ1n) is 6.48. The number of hydrogen-bond donors (Lipinski definition) is 1. The molecule has 0 aliphatic carbocycles. The number of nitrogens with zero attached hydrogens (tertiary/aromatic N) is 3. The van der Waals surface area contributed by atoms with Gasteiger partial charge >= 0.3 is 6.09 Å². The van der Waals surface area contributed by atoms with Crippen LogP contribution in [0.4, 0.5) is 10.7 Å². The van der Waals surface area contributed by atoms with Crippen LogP contribution < -0.4 is 5.73 Å². The topological polar surface area (TPSA) is 98.4 Å². The molecule has 7 nitrogen and oxygen atoms in total. The van der Waals surface area contributed by atoms with Gasteiger partial charge < -0.3 is 10.5 Å². The van der Waals surface area contributed by atoms with Crippen molar-refractivity contribution < 1.29 is 14.3 Å². The van der Waals surface area contributed by atoms with Crippen molar-refractivity contribution in [2.24, 2.45) is 0 Å².